The average molecular weight is 613 g/mol. The molecule has 0 aliphatic carbocycles. The molecule has 2 N–H and O–H groups in total. The van der Waals surface area contributed by atoms with Crippen LogP contribution in [0.3, 0.4) is 0 Å². The number of nitrogens with one attached hydrogen (secondary N) is 2. The fraction of sp³-hybridized carbons (Fsp3) is 0.192. The van der Waals surface area contributed by atoms with Crippen molar-refractivity contribution in [2.75, 3.05) is 11.9 Å². The van der Waals surface area contributed by atoms with Gasteiger partial charge in [0.05, 0.1) is 16.3 Å². The normalized spacial score (nSPS) is 11.7. The van der Waals surface area contributed by atoms with Crippen LogP contribution in [-0.4, -0.2) is 38.3 Å². The van der Waals surface area contributed by atoms with E-state index in [1.165, 1.54) is 36.5 Å². The molecule has 42 heavy (non-hydrogen) atoms. The molecule has 0 spiro atoms. The highest BCUT2D eigenvalue weighted by Gasteiger charge is 2.42. The molecule has 4 rings (SSSR count). The second-order valence-electron chi connectivity index (χ2n) is 8.54. The predicted molar refractivity (Wildman–Crippen MR) is 138 cm³/mol. The number of ether oxygens (including phenoxy) is 1. The number of anilines is 1. The molecule has 0 saturated heterocycles. The van der Waals surface area contributed by atoms with Crippen molar-refractivity contribution in [2.45, 2.75) is 25.7 Å². The lowest BCUT2D eigenvalue weighted by Gasteiger charge is -2.14. The molecular weight excluding hydrogens is 594 g/mol. The van der Waals surface area contributed by atoms with Crippen LogP contribution < -0.4 is 15.4 Å². The number of nitrogens with zero attached hydrogens (tertiary/aromatic N) is 4. The van der Waals surface area contributed by atoms with Gasteiger partial charge < -0.3 is 15.4 Å². The zero-order chi connectivity index (χ0) is 30.7. The molecule has 2 aromatic heterocycles. The Morgan fingerprint density at radius 1 is 0.952 bits per heavy atom. The monoisotopic (exact) mass is 612 g/mol. The zero-order valence-corrected chi connectivity index (χ0v) is 22.1. The summed E-state index contributed by atoms with van der Waals surface area (Å²) in [5.41, 5.74) is -4.41. The average Bonchev–Trinajstić information content (AvgIpc) is 3.39. The van der Waals surface area contributed by atoms with E-state index < -0.39 is 51.8 Å². The minimum absolute atomic E-state index is 0.0421. The number of aromatic nitrogens is 4. The molecule has 0 aliphatic heterocycles. The topological polar surface area (TPSA) is 111 Å². The van der Waals surface area contributed by atoms with E-state index >= 15 is 0 Å². The first kappa shape index (κ1) is 30.3. The fourth-order valence-electron chi connectivity index (χ4n) is 3.62. The first-order chi connectivity index (χ1) is 19.8. The van der Waals surface area contributed by atoms with Crippen molar-refractivity contribution in [3.05, 3.63) is 88.5 Å². The highest BCUT2D eigenvalue weighted by atomic mass is 35.5. The maximum Gasteiger partial charge on any atom is 0.435 e. The van der Waals surface area contributed by atoms with Gasteiger partial charge in [-0.05, 0) is 61.0 Å². The molecule has 0 saturated carbocycles. The Balaban J connectivity index is 1.55. The van der Waals surface area contributed by atoms with Gasteiger partial charge in [0.25, 0.3) is 11.8 Å². The third-order valence-electron chi connectivity index (χ3n) is 5.52. The maximum absolute atomic E-state index is 14.0. The summed E-state index contributed by atoms with van der Waals surface area (Å²) in [4.78, 5) is 29.1. The third-order valence-corrected chi connectivity index (χ3v) is 5.83. The van der Waals surface area contributed by atoms with E-state index in [1.54, 1.807) is 6.07 Å². The van der Waals surface area contributed by atoms with Gasteiger partial charge in [0, 0.05) is 18.4 Å². The highest BCUT2D eigenvalue weighted by Crippen LogP contribution is 2.37. The van der Waals surface area contributed by atoms with Crippen molar-refractivity contribution in [1.82, 2.24) is 25.3 Å². The molecule has 2 heterocycles. The Bertz CT molecular complexity index is 1610. The Morgan fingerprint density at radius 3 is 2.29 bits per heavy atom. The molecule has 0 bridgehead atoms. The number of carbonyl (C=O) groups is 2. The minimum Gasteiger partial charge on any atom is -0.455 e. The SMILES string of the molecule is CCCNC(=O)c1ncccc1Oc1ccc(NC(=O)c2nnn(-c3ccc(C(F)(F)F)c(Cl)c3)c2C(F)(F)F)cc1. The van der Waals surface area contributed by atoms with Gasteiger partial charge in [-0.15, -0.1) is 5.10 Å². The third kappa shape index (κ3) is 6.79. The van der Waals surface area contributed by atoms with Crippen LogP contribution in [0.25, 0.3) is 5.69 Å². The molecule has 4 aromatic rings. The second kappa shape index (κ2) is 12.1. The van der Waals surface area contributed by atoms with Crippen molar-refractivity contribution < 1.29 is 40.7 Å². The van der Waals surface area contributed by atoms with Crippen LogP contribution in [0.4, 0.5) is 32.0 Å². The van der Waals surface area contributed by atoms with E-state index in [0.717, 1.165) is 6.07 Å². The molecule has 0 unspecified atom stereocenters. The van der Waals surface area contributed by atoms with Crippen LogP contribution in [0, 0.1) is 0 Å². The summed E-state index contributed by atoms with van der Waals surface area (Å²) in [6, 6.07) is 10.4. The molecular formula is C26H19ClF6N6O3. The first-order valence-corrected chi connectivity index (χ1v) is 12.4. The number of alkyl halides is 6. The summed E-state index contributed by atoms with van der Waals surface area (Å²) in [6.07, 6.45) is -7.87. The standard InChI is InChI=1S/C26H19ClF6N6O3/c1-2-11-35-23(40)20-19(4-3-12-34-20)42-16-8-5-14(6-9-16)36-24(41)21-22(26(31,32)33)39(38-37-21)15-7-10-17(18(27)13-15)25(28,29)30/h3-10,12-13H,2,11H2,1H3,(H,35,40)(H,36,41). The number of carbonyl (C=O) groups excluding carboxylic acids is 2. The number of rotatable bonds is 8. The summed E-state index contributed by atoms with van der Waals surface area (Å²) >= 11 is 5.64. The lowest BCUT2D eigenvalue weighted by Crippen LogP contribution is -2.25. The van der Waals surface area contributed by atoms with Crippen LogP contribution in [-0.2, 0) is 12.4 Å². The van der Waals surface area contributed by atoms with Crippen molar-refractivity contribution in [3.8, 4) is 17.2 Å². The molecule has 0 aliphatic rings. The summed E-state index contributed by atoms with van der Waals surface area (Å²) in [7, 11) is 0. The van der Waals surface area contributed by atoms with Crippen molar-refractivity contribution in [3.63, 3.8) is 0 Å². The van der Waals surface area contributed by atoms with E-state index in [0.29, 0.717) is 25.1 Å². The minimum atomic E-state index is -5.17. The fourth-order valence-corrected chi connectivity index (χ4v) is 3.91. The quantitative estimate of drug-likeness (QED) is 0.219. The lowest BCUT2D eigenvalue weighted by atomic mass is 10.2. The first-order valence-electron chi connectivity index (χ1n) is 12.0. The number of hydrogen-bond donors (Lipinski definition) is 2. The van der Waals surface area contributed by atoms with E-state index in [4.69, 9.17) is 16.3 Å². The van der Waals surface area contributed by atoms with Crippen LogP contribution in [0.2, 0.25) is 5.02 Å². The van der Waals surface area contributed by atoms with Gasteiger partial charge in [-0.2, -0.15) is 26.3 Å². The van der Waals surface area contributed by atoms with Gasteiger partial charge in [0.2, 0.25) is 0 Å². The van der Waals surface area contributed by atoms with Crippen LogP contribution in [0.5, 0.6) is 11.5 Å². The molecule has 16 heteroatoms. The van der Waals surface area contributed by atoms with Gasteiger partial charge in [-0.3, -0.25) is 9.59 Å². The Kier molecular flexibility index (Phi) is 8.70. The van der Waals surface area contributed by atoms with Gasteiger partial charge in [0.1, 0.15) is 5.75 Å². The van der Waals surface area contributed by atoms with Crippen LogP contribution in [0.15, 0.2) is 60.8 Å². The maximum atomic E-state index is 14.0. The van der Waals surface area contributed by atoms with E-state index in [-0.39, 0.29) is 27.6 Å². The van der Waals surface area contributed by atoms with Gasteiger partial charge >= 0.3 is 12.4 Å². The summed E-state index contributed by atoms with van der Waals surface area (Å²) < 4.78 is 86.9. The Hall–Kier alpha value is -4.66. The van der Waals surface area contributed by atoms with Crippen LogP contribution >= 0.6 is 11.6 Å². The van der Waals surface area contributed by atoms with Crippen molar-refractivity contribution in [2.24, 2.45) is 0 Å². The Morgan fingerprint density at radius 2 is 1.67 bits per heavy atom. The number of amides is 2. The van der Waals surface area contributed by atoms with E-state index in [1.807, 2.05) is 6.92 Å². The molecule has 220 valence electrons. The number of halogens is 7. The van der Waals surface area contributed by atoms with Gasteiger partial charge in [0.15, 0.2) is 22.8 Å². The Labute approximate surface area is 238 Å². The number of benzene rings is 2. The lowest BCUT2D eigenvalue weighted by molar-refractivity contribution is -0.143. The molecule has 9 nitrogen and oxygen atoms in total. The molecule has 2 amide bonds. The summed E-state index contributed by atoms with van der Waals surface area (Å²) in [5, 5.41) is 10.7. The summed E-state index contributed by atoms with van der Waals surface area (Å²) in [6.45, 7) is 2.32. The van der Waals surface area contributed by atoms with Crippen molar-refractivity contribution >= 4 is 29.1 Å². The van der Waals surface area contributed by atoms with Gasteiger partial charge in [-0.25, -0.2) is 9.67 Å². The summed E-state index contributed by atoms with van der Waals surface area (Å²) in [5.74, 6) is -1.35. The number of hydrogen-bond acceptors (Lipinski definition) is 6. The number of pyridine rings is 1. The van der Waals surface area contributed by atoms with Crippen molar-refractivity contribution in [1.29, 1.82) is 0 Å². The molecule has 2 aromatic carbocycles. The molecule has 0 atom stereocenters. The smallest absolute Gasteiger partial charge is 0.435 e. The van der Waals surface area contributed by atoms with Gasteiger partial charge in [-0.1, -0.05) is 23.7 Å². The predicted octanol–water partition coefficient (Wildman–Crippen LogP) is 6.54. The molecule has 0 radical (unpaired) electrons. The molecule has 0 fully saturated rings. The van der Waals surface area contributed by atoms with Crippen LogP contribution in [0.1, 0.15) is 45.6 Å². The zero-order valence-electron chi connectivity index (χ0n) is 21.3. The highest BCUT2D eigenvalue weighted by molar-refractivity contribution is 6.31. The van der Waals surface area contributed by atoms with E-state index in [9.17, 15) is 35.9 Å². The van der Waals surface area contributed by atoms with E-state index in [2.05, 4.69) is 25.9 Å². The largest absolute Gasteiger partial charge is 0.455 e. The second-order valence-corrected chi connectivity index (χ2v) is 8.95.